The summed E-state index contributed by atoms with van der Waals surface area (Å²) in [6.45, 7) is 4.56. The van der Waals surface area contributed by atoms with Crippen LogP contribution in [0.5, 0.6) is 0 Å². The largest absolute Gasteiger partial charge is 0.368 e. The Bertz CT molecular complexity index is 488. The molecule has 6 nitrogen and oxygen atoms in total. The SMILES string of the molecule is CC(N)C(=O)NCC(=O)N1CCN(c2ccccc2)CC1.Cl. The van der Waals surface area contributed by atoms with Gasteiger partial charge in [-0.1, -0.05) is 18.2 Å². The molecule has 1 aliphatic heterocycles. The number of nitrogens with two attached hydrogens (primary N) is 1. The number of halogens is 1. The molecule has 1 heterocycles. The molecule has 1 unspecified atom stereocenters. The lowest BCUT2D eigenvalue weighted by atomic mass is 10.2. The number of hydrogen-bond acceptors (Lipinski definition) is 4. The van der Waals surface area contributed by atoms with Gasteiger partial charge in [-0.15, -0.1) is 12.4 Å². The third kappa shape index (κ3) is 4.89. The van der Waals surface area contributed by atoms with Crippen LogP contribution < -0.4 is 16.0 Å². The molecule has 122 valence electrons. The van der Waals surface area contributed by atoms with Gasteiger partial charge >= 0.3 is 0 Å². The van der Waals surface area contributed by atoms with E-state index in [2.05, 4.69) is 22.3 Å². The first kappa shape index (κ1) is 18.3. The van der Waals surface area contributed by atoms with Crippen LogP contribution in [-0.2, 0) is 9.59 Å². The highest BCUT2D eigenvalue weighted by Crippen LogP contribution is 2.15. The molecule has 1 fully saturated rings. The number of benzene rings is 1. The summed E-state index contributed by atoms with van der Waals surface area (Å²) in [4.78, 5) is 27.4. The third-order valence-electron chi connectivity index (χ3n) is 3.58. The number of anilines is 1. The van der Waals surface area contributed by atoms with E-state index in [0.717, 1.165) is 13.1 Å². The fourth-order valence-electron chi connectivity index (χ4n) is 2.29. The van der Waals surface area contributed by atoms with Crippen molar-refractivity contribution in [1.82, 2.24) is 10.2 Å². The van der Waals surface area contributed by atoms with Crippen LogP contribution in [0.25, 0.3) is 0 Å². The molecule has 1 aliphatic rings. The number of nitrogens with one attached hydrogen (secondary N) is 1. The van der Waals surface area contributed by atoms with Gasteiger partial charge in [0.2, 0.25) is 11.8 Å². The summed E-state index contributed by atoms with van der Waals surface area (Å²) in [5.41, 5.74) is 6.62. The van der Waals surface area contributed by atoms with Crippen LogP contribution in [-0.4, -0.2) is 55.5 Å². The lowest BCUT2D eigenvalue weighted by Gasteiger charge is -2.36. The maximum Gasteiger partial charge on any atom is 0.242 e. The Hall–Kier alpha value is -1.79. The fraction of sp³-hybridized carbons (Fsp3) is 0.467. The lowest BCUT2D eigenvalue weighted by molar-refractivity contribution is -0.133. The van der Waals surface area contributed by atoms with Gasteiger partial charge in [-0.3, -0.25) is 9.59 Å². The molecule has 0 aliphatic carbocycles. The zero-order valence-electron chi connectivity index (χ0n) is 12.7. The summed E-state index contributed by atoms with van der Waals surface area (Å²) in [6.07, 6.45) is 0. The van der Waals surface area contributed by atoms with E-state index in [1.54, 1.807) is 11.8 Å². The van der Waals surface area contributed by atoms with Gasteiger partial charge in [0.25, 0.3) is 0 Å². The van der Waals surface area contributed by atoms with E-state index in [0.29, 0.717) is 13.1 Å². The topological polar surface area (TPSA) is 78.7 Å². The molecule has 2 rings (SSSR count). The molecule has 0 spiro atoms. The Balaban J connectivity index is 0.00000242. The van der Waals surface area contributed by atoms with Crippen LogP contribution in [0, 0.1) is 0 Å². The highest BCUT2D eigenvalue weighted by Gasteiger charge is 2.21. The summed E-state index contributed by atoms with van der Waals surface area (Å²) in [5.74, 6) is -0.358. The van der Waals surface area contributed by atoms with Crippen molar-refractivity contribution in [1.29, 1.82) is 0 Å². The summed E-state index contributed by atoms with van der Waals surface area (Å²) in [5, 5.41) is 2.55. The quantitative estimate of drug-likeness (QED) is 0.829. The first-order valence-electron chi connectivity index (χ1n) is 7.19. The van der Waals surface area contributed by atoms with Crippen molar-refractivity contribution in [3.63, 3.8) is 0 Å². The van der Waals surface area contributed by atoms with Crippen LogP contribution in [0.4, 0.5) is 5.69 Å². The Labute approximate surface area is 137 Å². The van der Waals surface area contributed by atoms with E-state index >= 15 is 0 Å². The van der Waals surface area contributed by atoms with Crippen molar-refractivity contribution in [3.05, 3.63) is 30.3 Å². The molecule has 1 aromatic carbocycles. The Morgan fingerprint density at radius 2 is 1.77 bits per heavy atom. The number of rotatable bonds is 4. The molecule has 3 N–H and O–H groups in total. The molecule has 0 saturated carbocycles. The van der Waals surface area contributed by atoms with Crippen LogP contribution in [0.3, 0.4) is 0 Å². The van der Waals surface area contributed by atoms with Crippen molar-refractivity contribution >= 4 is 29.9 Å². The van der Waals surface area contributed by atoms with Crippen molar-refractivity contribution in [2.24, 2.45) is 5.73 Å². The van der Waals surface area contributed by atoms with Gasteiger partial charge in [0.1, 0.15) is 0 Å². The maximum absolute atomic E-state index is 12.0. The summed E-state index contributed by atoms with van der Waals surface area (Å²) >= 11 is 0. The lowest BCUT2D eigenvalue weighted by Crippen LogP contribution is -2.52. The highest BCUT2D eigenvalue weighted by molar-refractivity contribution is 5.87. The zero-order valence-corrected chi connectivity index (χ0v) is 13.5. The second kappa shape index (κ2) is 8.60. The standard InChI is InChI=1S/C15H22N4O2.ClH/c1-12(16)15(21)17-11-14(20)19-9-7-18(8-10-19)13-5-3-2-4-6-13;/h2-6,12H,7-11,16H2,1H3,(H,17,21);1H. The molecule has 22 heavy (non-hydrogen) atoms. The number of carbonyl (C=O) groups is 2. The van der Waals surface area contributed by atoms with E-state index in [1.165, 1.54) is 5.69 Å². The average molecular weight is 327 g/mol. The molecule has 0 bridgehead atoms. The third-order valence-corrected chi connectivity index (χ3v) is 3.58. The van der Waals surface area contributed by atoms with Gasteiger partial charge in [-0.25, -0.2) is 0 Å². The normalized spacial score (nSPS) is 15.7. The Kier molecular flexibility index (Phi) is 7.14. The van der Waals surface area contributed by atoms with Gasteiger partial charge < -0.3 is 20.9 Å². The van der Waals surface area contributed by atoms with Gasteiger partial charge in [0.15, 0.2) is 0 Å². The molecular formula is C15H23ClN4O2. The zero-order chi connectivity index (χ0) is 15.2. The molecule has 2 amide bonds. The van der Waals surface area contributed by atoms with Crippen molar-refractivity contribution in [3.8, 4) is 0 Å². The predicted molar refractivity (Wildman–Crippen MR) is 89.1 cm³/mol. The van der Waals surface area contributed by atoms with E-state index < -0.39 is 6.04 Å². The molecular weight excluding hydrogens is 304 g/mol. The number of nitrogens with zero attached hydrogens (tertiary/aromatic N) is 2. The Morgan fingerprint density at radius 1 is 1.18 bits per heavy atom. The minimum atomic E-state index is -0.590. The first-order valence-corrected chi connectivity index (χ1v) is 7.19. The van der Waals surface area contributed by atoms with E-state index in [4.69, 9.17) is 5.73 Å². The average Bonchev–Trinajstić information content (AvgIpc) is 2.53. The monoisotopic (exact) mass is 326 g/mol. The van der Waals surface area contributed by atoms with Gasteiger partial charge in [0, 0.05) is 31.9 Å². The van der Waals surface area contributed by atoms with Crippen LogP contribution >= 0.6 is 12.4 Å². The van der Waals surface area contributed by atoms with Gasteiger partial charge in [-0.2, -0.15) is 0 Å². The molecule has 1 atom stereocenters. The summed E-state index contributed by atoms with van der Waals surface area (Å²) in [6, 6.07) is 9.56. The van der Waals surface area contributed by atoms with Crippen LogP contribution in [0.1, 0.15) is 6.92 Å². The smallest absolute Gasteiger partial charge is 0.242 e. The fourth-order valence-corrected chi connectivity index (χ4v) is 2.29. The first-order chi connectivity index (χ1) is 10.1. The van der Waals surface area contributed by atoms with Crippen molar-refractivity contribution in [2.75, 3.05) is 37.6 Å². The number of hydrogen-bond donors (Lipinski definition) is 2. The molecule has 1 saturated heterocycles. The molecule has 0 aromatic heterocycles. The minimum Gasteiger partial charge on any atom is -0.368 e. The number of para-hydroxylation sites is 1. The molecule has 1 aromatic rings. The molecule has 7 heteroatoms. The van der Waals surface area contributed by atoms with E-state index in [9.17, 15) is 9.59 Å². The van der Waals surface area contributed by atoms with Crippen LogP contribution in [0.15, 0.2) is 30.3 Å². The van der Waals surface area contributed by atoms with E-state index in [1.807, 2.05) is 18.2 Å². The predicted octanol–water partition coefficient (Wildman–Crippen LogP) is 0.220. The van der Waals surface area contributed by atoms with Gasteiger partial charge in [-0.05, 0) is 19.1 Å². The molecule has 0 radical (unpaired) electrons. The number of carbonyl (C=O) groups excluding carboxylic acids is 2. The second-order valence-corrected chi connectivity index (χ2v) is 5.21. The maximum atomic E-state index is 12.0. The van der Waals surface area contributed by atoms with Crippen LogP contribution in [0.2, 0.25) is 0 Å². The number of piperazine rings is 1. The highest BCUT2D eigenvalue weighted by atomic mass is 35.5. The summed E-state index contributed by atoms with van der Waals surface area (Å²) < 4.78 is 0. The Morgan fingerprint density at radius 3 is 2.32 bits per heavy atom. The van der Waals surface area contributed by atoms with Crippen molar-refractivity contribution in [2.45, 2.75) is 13.0 Å². The number of amides is 2. The van der Waals surface area contributed by atoms with E-state index in [-0.39, 0.29) is 30.8 Å². The van der Waals surface area contributed by atoms with Gasteiger partial charge in [0.05, 0.1) is 12.6 Å². The second-order valence-electron chi connectivity index (χ2n) is 5.21. The minimum absolute atomic E-state index is 0. The van der Waals surface area contributed by atoms with Crippen molar-refractivity contribution < 1.29 is 9.59 Å². The summed E-state index contributed by atoms with van der Waals surface area (Å²) in [7, 11) is 0.